The molecule has 3 nitrogen and oxygen atoms in total. The summed E-state index contributed by atoms with van der Waals surface area (Å²) in [6.07, 6.45) is -4.69. The number of carbonyl (C=O) groups is 1. The third-order valence-electron chi connectivity index (χ3n) is 2.81. The highest BCUT2D eigenvalue weighted by atomic mass is 19.4. The maximum Gasteiger partial charge on any atom is 0.389 e. The summed E-state index contributed by atoms with van der Waals surface area (Å²) in [4.78, 5) is 11.0. The Balaban J connectivity index is 2.43. The summed E-state index contributed by atoms with van der Waals surface area (Å²) in [5, 5.41) is 11.9. The molecule has 1 aliphatic heterocycles. The molecule has 2 N–H and O–H groups in total. The lowest BCUT2D eigenvalue weighted by Gasteiger charge is -2.22. The molecule has 6 heteroatoms. The Kier molecular flexibility index (Phi) is 3.59. The molecular formula is C9H14F3NO2. The summed E-state index contributed by atoms with van der Waals surface area (Å²) in [6.45, 7) is 0.846. The van der Waals surface area contributed by atoms with Gasteiger partial charge in [-0.1, -0.05) is 0 Å². The molecule has 1 aliphatic rings. The van der Waals surface area contributed by atoms with E-state index in [1.165, 1.54) is 0 Å². The molecule has 1 unspecified atom stereocenters. The predicted molar refractivity (Wildman–Crippen MR) is 47.5 cm³/mol. The van der Waals surface area contributed by atoms with Crippen LogP contribution in [0.4, 0.5) is 13.2 Å². The summed E-state index contributed by atoms with van der Waals surface area (Å²) in [6, 6.07) is 0. The molecule has 0 aromatic heterocycles. The van der Waals surface area contributed by atoms with Crippen LogP contribution in [0.2, 0.25) is 0 Å². The Hall–Kier alpha value is -0.780. The van der Waals surface area contributed by atoms with Gasteiger partial charge in [-0.2, -0.15) is 13.2 Å². The van der Waals surface area contributed by atoms with Crippen molar-refractivity contribution >= 4 is 5.97 Å². The highest BCUT2D eigenvalue weighted by molar-refractivity contribution is 5.75. The van der Waals surface area contributed by atoms with E-state index >= 15 is 0 Å². The van der Waals surface area contributed by atoms with Crippen molar-refractivity contribution in [1.29, 1.82) is 0 Å². The van der Waals surface area contributed by atoms with Gasteiger partial charge in [0.25, 0.3) is 0 Å². The van der Waals surface area contributed by atoms with Gasteiger partial charge in [0.1, 0.15) is 0 Å². The maximum absolute atomic E-state index is 11.9. The summed E-state index contributed by atoms with van der Waals surface area (Å²) in [7, 11) is 0. The molecule has 0 saturated carbocycles. The lowest BCUT2D eigenvalue weighted by atomic mass is 9.82. The van der Waals surface area contributed by atoms with Gasteiger partial charge in [-0.05, 0) is 25.8 Å². The van der Waals surface area contributed by atoms with Crippen LogP contribution >= 0.6 is 0 Å². The van der Waals surface area contributed by atoms with E-state index in [2.05, 4.69) is 5.32 Å². The predicted octanol–water partition coefficient (Wildman–Crippen LogP) is 1.78. The number of aliphatic carboxylic acids is 1. The van der Waals surface area contributed by atoms with Gasteiger partial charge >= 0.3 is 12.1 Å². The fourth-order valence-corrected chi connectivity index (χ4v) is 1.87. The first-order valence-electron chi connectivity index (χ1n) is 4.87. The van der Waals surface area contributed by atoms with Crippen LogP contribution in [-0.2, 0) is 4.79 Å². The number of rotatable bonds is 4. The lowest BCUT2D eigenvalue weighted by molar-refractivity contribution is -0.151. The zero-order chi connectivity index (χ0) is 11.5. The summed E-state index contributed by atoms with van der Waals surface area (Å²) < 4.78 is 35.7. The average Bonchev–Trinajstić information content (AvgIpc) is 2.51. The van der Waals surface area contributed by atoms with Crippen LogP contribution in [-0.4, -0.2) is 30.3 Å². The SMILES string of the molecule is O=C(O)C1(CCCC(F)(F)F)CCNC1. The molecule has 88 valence electrons. The Morgan fingerprint density at radius 1 is 1.47 bits per heavy atom. The first-order valence-corrected chi connectivity index (χ1v) is 4.87. The van der Waals surface area contributed by atoms with E-state index in [4.69, 9.17) is 5.11 Å². The summed E-state index contributed by atoms with van der Waals surface area (Å²) >= 11 is 0. The van der Waals surface area contributed by atoms with Gasteiger partial charge in [0.2, 0.25) is 0 Å². The molecule has 1 fully saturated rings. The van der Waals surface area contributed by atoms with E-state index in [0.717, 1.165) is 0 Å². The molecule has 0 aromatic rings. The van der Waals surface area contributed by atoms with Crippen molar-refractivity contribution in [2.45, 2.75) is 31.9 Å². The molecule has 1 heterocycles. The van der Waals surface area contributed by atoms with Crippen LogP contribution in [0.1, 0.15) is 25.7 Å². The zero-order valence-corrected chi connectivity index (χ0v) is 8.23. The highest BCUT2D eigenvalue weighted by Crippen LogP contribution is 2.34. The molecule has 0 aliphatic carbocycles. The molecule has 0 aromatic carbocycles. The van der Waals surface area contributed by atoms with Crippen LogP contribution in [0.25, 0.3) is 0 Å². The molecule has 0 spiro atoms. The first-order chi connectivity index (χ1) is 6.86. The van der Waals surface area contributed by atoms with Crippen molar-refractivity contribution in [3.8, 4) is 0 Å². The minimum atomic E-state index is -4.19. The third kappa shape index (κ3) is 3.37. The van der Waals surface area contributed by atoms with Crippen molar-refractivity contribution in [3.63, 3.8) is 0 Å². The monoisotopic (exact) mass is 225 g/mol. The van der Waals surface area contributed by atoms with Gasteiger partial charge < -0.3 is 10.4 Å². The van der Waals surface area contributed by atoms with E-state index in [1.807, 2.05) is 0 Å². The number of halogens is 3. The standard InChI is InChI=1S/C9H14F3NO2/c10-9(11,12)3-1-2-8(7(14)15)4-5-13-6-8/h13H,1-6H2,(H,14,15). The number of carboxylic acids is 1. The van der Waals surface area contributed by atoms with Crippen molar-refractivity contribution < 1.29 is 23.1 Å². The van der Waals surface area contributed by atoms with E-state index in [9.17, 15) is 18.0 Å². The number of nitrogens with one attached hydrogen (secondary N) is 1. The molecule has 1 rings (SSSR count). The fourth-order valence-electron chi connectivity index (χ4n) is 1.87. The van der Waals surface area contributed by atoms with Crippen molar-refractivity contribution in [2.75, 3.05) is 13.1 Å². The van der Waals surface area contributed by atoms with Crippen molar-refractivity contribution in [2.24, 2.45) is 5.41 Å². The van der Waals surface area contributed by atoms with Gasteiger partial charge in [-0.15, -0.1) is 0 Å². The summed E-state index contributed by atoms with van der Waals surface area (Å²) in [5.41, 5.74) is -0.981. The minimum absolute atomic E-state index is 0.0921. The molecule has 1 saturated heterocycles. The number of carboxylic acid groups (broad SMARTS) is 1. The number of hydrogen-bond acceptors (Lipinski definition) is 2. The van der Waals surface area contributed by atoms with Crippen molar-refractivity contribution in [1.82, 2.24) is 5.32 Å². The molecule has 0 bridgehead atoms. The second-order valence-electron chi connectivity index (χ2n) is 3.98. The van der Waals surface area contributed by atoms with Gasteiger partial charge in [0, 0.05) is 13.0 Å². The van der Waals surface area contributed by atoms with Gasteiger partial charge in [-0.3, -0.25) is 4.79 Å². The fraction of sp³-hybridized carbons (Fsp3) is 0.889. The van der Waals surface area contributed by atoms with Crippen LogP contribution < -0.4 is 5.32 Å². The van der Waals surface area contributed by atoms with E-state index in [-0.39, 0.29) is 19.4 Å². The Labute approximate surface area is 85.7 Å². The van der Waals surface area contributed by atoms with E-state index < -0.39 is 24.0 Å². The van der Waals surface area contributed by atoms with Crippen LogP contribution in [0.5, 0.6) is 0 Å². The molecular weight excluding hydrogens is 211 g/mol. The van der Waals surface area contributed by atoms with Gasteiger partial charge in [-0.25, -0.2) is 0 Å². The maximum atomic E-state index is 11.9. The first kappa shape index (κ1) is 12.3. The average molecular weight is 225 g/mol. The largest absolute Gasteiger partial charge is 0.481 e. The molecule has 0 amide bonds. The van der Waals surface area contributed by atoms with Gasteiger partial charge in [0.05, 0.1) is 5.41 Å². The smallest absolute Gasteiger partial charge is 0.389 e. The highest BCUT2D eigenvalue weighted by Gasteiger charge is 2.41. The van der Waals surface area contributed by atoms with E-state index in [1.54, 1.807) is 0 Å². The van der Waals surface area contributed by atoms with Gasteiger partial charge in [0.15, 0.2) is 0 Å². The Morgan fingerprint density at radius 2 is 2.13 bits per heavy atom. The molecule has 1 atom stereocenters. The molecule has 0 radical (unpaired) electrons. The second-order valence-corrected chi connectivity index (χ2v) is 3.98. The lowest BCUT2D eigenvalue weighted by Crippen LogP contribution is -2.33. The molecule has 15 heavy (non-hydrogen) atoms. The van der Waals surface area contributed by atoms with Crippen LogP contribution in [0.3, 0.4) is 0 Å². The second kappa shape index (κ2) is 4.38. The Bertz CT molecular complexity index is 234. The number of hydrogen-bond donors (Lipinski definition) is 2. The number of alkyl halides is 3. The van der Waals surface area contributed by atoms with Crippen LogP contribution in [0.15, 0.2) is 0 Å². The summed E-state index contributed by atoms with van der Waals surface area (Å²) in [5.74, 6) is -0.991. The quantitative estimate of drug-likeness (QED) is 0.766. The third-order valence-corrected chi connectivity index (χ3v) is 2.81. The van der Waals surface area contributed by atoms with Crippen molar-refractivity contribution in [3.05, 3.63) is 0 Å². The Morgan fingerprint density at radius 3 is 2.53 bits per heavy atom. The normalized spacial score (nSPS) is 26.9. The zero-order valence-electron chi connectivity index (χ0n) is 8.23. The topological polar surface area (TPSA) is 49.3 Å². The van der Waals surface area contributed by atoms with E-state index in [0.29, 0.717) is 13.0 Å². The minimum Gasteiger partial charge on any atom is -0.481 e. The van der Waals surface area contributed by atoms with Crippen LogP contribution in [0, 0.1) is 5.41 Å².